The normalized spacial score (nSPS) is 17.8. The Balaban J connectivity index is 1.91. The first-order valence-electron chi connectivity index (χ1n) is 6.35. The fourth-order valence-corrected chi connectivity index (χ4v) is 2.65. The van der Waals surface area contributed by atoms with Gasteiger partial charge in [-0.2, -0.15) is 5.10 Å². The Hall–Kier alpha value is -1.10. The summed E-state index contributed by atoms with van der Waals surface area (Å²) in [4.78, 5) is 14.7. The van der Waals surface area contributed by atoms with Crippen LogP contribution in [0.15, 0.2) is 21.8 Å². The van der Waals surface area contributed by atoms with Crippen LogP contribution in [0.2, 0.25) is 0 Å². The van der Waals surface area contributed by atoms with E-state index in [1.165, 1.54) is 32.1 Å². The fourth-order valence-electron chi connectivity index (χ4n) is 2.31. The maximum absolute atomic E-state index is 11.8. The Labute approximate surface area is 115 Å². The van der Waals surface area contributed by atoms with Crippen LogP contribution in [-0.4, -0.2) is 16.6 Å². The largest absolute Gasteiger partial charge is 0.356 e. The Morgan fingerprint density at radius 3 is 2.78 bits per heavy atom. The quantitative estimate of drug-likeness (QED) is 0.652. The average molecular weight is 312 g/mol. The molecule has 1 saturated carbocycles. The summed E-state index contributed by atoms with van der Waals surface area (Å²) in [5.41, 5.74) is 4.16. The zero-order valence-corrected chi connectivity index (χ0v) is 12.1. The maximum Gasteiger partial charge on any atom is 0.287 e. The minimum atomic E-state index is -0.198. The van der Waals surface area contributed by atoms with Crippen LogP contribution in [0.5, 0.6) is 0 Å². The highest BCUT2D eigenvalue weighted by Gasteiger charge is 2.16. The van der Waals surface area contributed by atoms with Crippen molar-refractivity contribution < 1.29 is 4.79 Å². The van der Waals surface area contributed by atoms with Crippen LogP contribution in [0.25, 0.3) is 0 Å². The van der Waals surface area contributed by atoms with Crippen LogP contribution in [0, 0.1) is 5.92 Å². The lowest BCUT2D eigenvalue weighted by Gasteiger charge is -2.20. The van der Waals surface area contributed by atoms with E-state index in [2.05, 4.69) is 31.4 Å². The van der Waals surface area contributed by atoms with Crippen molar-refractivity contribution in [3.05, 3.63) is 22.4 Å². The Morgan fingerprint density at radius 2 is 2.17 bits per heavy atom. The van der Waals surface area contributed by atoms with Gasteiger partial charge in [-0.15, -0.1) is 0 Å². The second-order valence-corrected chi connectivity index (χ2v) is 5.68. The first-order valence-corrected chi connectivity index (χ1v) is 7.14. The van der Waals surface area contributed by atoms with Crippen molar-refractivity contribution in [2.45, 2.75) is 39.0 Å². The van der Waals surface area contributed by atoms with Crippen LogP contribution in [0.3, 0.4) is 0 Å². The second-order valence-electron chi connectivity index (χ2n) is 4.76. The van der Waals surface area contributed by atoms with Gasteiger partial charge in [0.2, 0.25) is 0 Å². The number of hydrogen-bond acceptors (Lipinski definition) is 2. The Kier molecular flexibility index (Phi) is 4.58. The van der Waals surface area contributed by atoms with Gasteiger partial charge in [-0.05, 0) is 47.7 Å². The molecule has 1 amide bonds. The molecule has 98 valence electrons. The summed E-state index contributed by atoms with van der Waals surface area (Å²) in [5.74, 6) is 0.338. The van der Waals surface area contributed by atoms with E-state index in [1.54, 1.807) is 12.3 Å². The number of halogens is 1. The number of carbonyl (C=O) groups excluding carboxylic acids is 1. The molecule has 0 atom stereocenters. The van der Waals surface area contributed by atoms with Crippen LogP contribution in [0.4, 0.5) is 0 Å². The molecule has 0 aliphatic heterocycles. The molecule has 18 heavy (non-hydrogen) atoms. The molecular weight excluding hydrogens is 294 g/mol. The number of aromatic nitrogens is 1. The number of H-pyrrole nitrogens is 1. The van der Waals surface area contributed by atoms with Crippen molar-refractivity contribution in [2.24, 2.45) is 11.0 Å². The number of nitrogens with zero attached hydrogens (tertiary/aromatic N) is 1. The van der Waals surface area contributed by atoms with Gasteiger partial charge in [0, 0.05) is 16.4 Å². The van der Waals surface area contributed by atoms with E-state index in [4.69, 9.17) is 0 Å². The number of hydrazone groups is 1. The van der Waals surface area contributed by atoms with E-state index in [-0.39, 0.29) is 5.91 Å². The molecule has 2 N–H and O–H groups in total. The molecule has 1 heterocycles. The summed E-state index contributed by atoms with van der Waals surface area (Å²) in [6, 6.07) is 1.74. The fraction of sp³-hybridized carbons (Fsp3) is 0.538. The third-order valence-electron chi connectivity index (χ3n) is 3.42. The van der Waals surface area contributed by atoms with E-state index in [1.807, 2.05) is 6.92 Å². The van der Waals surface area contributed by atoms with Gasteiger partial charge in [-0.25, -0.2) is 5.43 Å². The molecule has 0 aromatic carbocycles. The molecule has 0 saturated heterocycles. The molecular formula is C13H18BrN3O. The molecule has 1 aromatic rings. The summed E-state index contributed by atoms with van der Waals surface area (Å²) >= 11 is 3.30. The van der Waals surface area contributed by atoms with Gasteiger partial charge < -0.3 is 4.98 Å². The summed E-state index contributed by atoms with van der Waals surface area (Å²) in [5, 5.41) is 4.22. The van der Waals surface area contributed by atoms with Gasteiger partial charge in [0.25, 0.3) is 5.91 Å². The van der Waals surface area contributed by atoms with Crippen molar-refractivity contribution in [1.29, 1.82) is 0 Å². The van der Waals surface area contributed by atoms with Crippen molar-refractivity contribution in [3.63, 3.8) is 0 Å². The van der Waals surface area contributed by atoms with Gasteiger partial charge in [-0.1, -0.05) is 19.3 Å². The lowest BCUT2D eigenvalue weighted by molar-refractivity contribution is 0.0950. The van der Waals surface area contributed by atoms with Gasteiger partial charge >= 0.3 is 0 Å². The minimum Gasteiger partial charge on any atom is -0.356 e. The van der Waals surface area contributed by atoms with Crippen molar-refractivity contribution >= 4 is 27.5 Å². The van der Waals surface area contributed by atoms with E-state index in [0.29, 0.717) is 11.6 Å². The number of nitrogens with one attached hydrogen (secondary N) is 2. The van der Waals surface area contributed by atoms with Gasteiger partial charge in [0.15, 0.2) is 0 Å². The van der Waals surface area contributed by atoms with Crippen molar-refractivity contribution in [3.8, 4) is 0 Å². The highest BCUT2D eigenvalue weighted by atomic mass is 79.9. The van der Waals surface area contributed by atoms with Crippen LogP contribution in [-0.2, 0) is 0 Å². The first kappa shape index (κ1) is 13.3. The molecule has 0 spiro atoms. The molecule has 5 heteroatoms. The second kappa shape index (κ2) is 6.18. The number of rotatable bonds is 3. The minimum absolute atomic E-state index is 0.198. The first-order chi connectivity index (χ1) is 8.66. The zero-order valence-electron chi connectivity index (χ0n) is 10.5. The number of hydrogen-bond donors (Lipinski definition) is 2. The molecule has 0 unspecified atom stereocenters. The molecule has 1 aromatic heterocycles. The predicted octanol–water partition coefficient (Wildman–Crippen LogP) is 3.46. The summed E-state index contributed by atoms with van der Waals surface area (Å²) in [6.07, 6.45) is 7.99. The molecule has 0 bridgehead atoms. The van der Waals surface area contributed by atoms with Gasteiger partial charge in [0.1, 0.15) is 5.69 Å². The predicted molar refractivity (Wildman–Crippen MR) is 75.6 cm³/mol. The molecule has 1 aliphatic carbocycles. The van der Waals surface area contributed by atoms with E-state index < -0.39 is 0 Å². The molecule has 4 nitrogen and oxygen atoms in total. The third kappa shape index (κ3) is 3.45. The van der Waals surface area contributed by atoms with E-state index in [9.17, 15) is 4.79 Å². The average Bonchev–Trinajstić information content (AvgIpc) is 2.83. The van der Waals surface area contributed by atoms with E-state index >= 15 is 0 Å². The number of amides is 1. The topological polar surface area (TPSA) is 57.2 Å². The van der Waals surface area contributed by atoms with Crippen LogP contribution in [0.1, 0.15) is 49.5 Å². The zero-order chi connectivity index (χ0) is 13.0. The third-order valence-corrected chi connectivity index (χ3v) is 3.88. The molecule has 1 fully saturated rings. The SMILES string of the molecule is C/C(=N/NC(=O)c1cc(Br)c[nH]1)C1CCCCC1. The highest BCUT2D eigenvalue weighted by molar-refractivity contribution is 9.10. The number of aromatic amines is 1. The Bertz CT molecular complexity index is 447. The standard InChI is InChI=1S/C13H18BrN3O/c1-9(10-5-3-2-4-6-10)16-17-13(18)12-7-11(14)8-15-12/h7-8,10,15H,2-6H2,1H3,(H,17,18)/b16-9-. The van der Waals surface area contributed by atoms with E-state index in [0.717, 1.165) is 10.2 Å². The summed E-state index contributed by atoms with van der Waals surface area (Å²) in [6.45, 7) is 2.00. The lowest BCUT2D eigenvalue weighted by Crippen LogP contribution is -2.23. The molecule has 0 radical (unpaired) electrons. The van der Waals surface area contributed by atoms with Crippen LogP contribution >= 0.6 is 15.9 Å². The monoisotopic (exact) mass is 311 g/mol. The van der Waals surface area contributed by atoms with Gasteiger partial charge in [0.05, 0.1) is 0 Å². The molecule has 2 rings (SSSR count). The van der Waals surface area contributed by atoms with Crippen LogP contribution < -0.4 is 5.43 Å². The lowest BCUT2D eigenvalue weighted by atomic mass is 9.86. The van der Waals surface area contributed by atoms with Gasteiger partial charge in [-0.3, -0.25) is 4.79 Å². The number of carbonyl (C=O) groups is 1. The summed E-state index contributed by atoms with van der Waals surface area (Å²) < 4.78 is 0.862. The molecule has 1 aliphatic rings. The highest BCUT2D eigenvalue weighted by Crippen LogP contribution is 2.24. The van der Waals surface area contributed by atoms with Crippen molar-refractivity contribution in [2.75, 3.05) is 0 Å². The smallest absolute Gasteiger partial charge is 0.287 e. The van der Waals surface area contributed by atoms with Crippen molar-refractivity contribution in [1.82, 2.24) is 10.4 Å². The maximum atomic E-state index is 11.8. The Morgan fingerprint density at radius 1 is 1.44 bits per heavy atom. The summed E-state index contributed by atoms with van der Waals surface area (Å²) in [7, 11) is 0.